The van der Waals surface area contributed by atoms with Gasteiger partial charge in [0.2, 0.25) is 0 Å². The summed E-state index contributed by atoms with van der Waals surface area (Å²) in [7, 11) is 0. The molecule has 0 radical (unpaired) electrons. The molecule has 2 aliphatic rings. The second-order valence-corrected chi connectivity index (χ2v) is 6.02. The minimum Gasteiger partial charge on any atom is -0.491 e. The first-order valence-electron chi connectivity index (χ1n) is 8.45. The summed E-state index contributed by atoms with van der Waals surface area (Å²) in [5.41, 5.74) is 1.90. The van der Waals surface area contributed by atoms with E-state index in [2.05, 4.69) is 10.6 Å². The summed E-state index contributed by atoms with van der Waals surface area (Å²) in [5.74, 6) is 2.27. The van der Waals surface area contributed by atoms with E-state index in [0.717, 1.165) is 34.8 Å². The molecule has 2 heterocycles. The second kappa shape index (κ2) is 6.93. The van der Waals surface area contributed by atoms with Crippen molar-refractivity contribution >= 4 is 6.03 Å². The van der Waals surface area contributed by atoms with Crippen molar-refractivity contribution in [2.24, 2.45) is 0 Å². The van der Waals surface area contributed by atoms with Crippen LogP contribution in [0.15, 0.2) is 42.5 Å². The van der Waals surface area contributed by atoms with E-state index in [1.165, 1.54) is 0 Å². The first-order valence-corrected chi connectivity index (χ1v) is 8.45. The van der Waals surface area contributed by atoms with Gasteiger partial charge in [0.1, 0.15) is 12.4 Å². The Morgan fingerprint density at radius 1 is 1.00 bits per heavy atom. The fourth-order valence-electron chi connectivity index (χ4n) is 3.06. The van der Waals surface area contributed by atoms with Gasteiger partial charge in [-0.3, -0.25) is 0 Å². The van der Waals surface area contributed by atoms with Crippen LogP contribution in [0.2, 0.25) is 0 Å². The largest absolute Gasteiger partial charge is 0.491 e. The van der Waals surface area contributed by atoms with E-state index < -0.39 is 0 Å². The molecular formula is C19H20N2O4. The summed E-state index contributed by atoms with van der Waals surface area (Å²) >= 11 is 0. The lowest BCUT2D eigenvalue weighted by atomic mass is 10.1. The highest BCUT2D eigenvalue weighted by Gasteiger charge is 2.25. The van der Waals surface area contributed by atoms with Crippen LogP contribution >= 0.6 is 0 Å². The number of amides is 2. The molecular weight excluding hydrogens is 320 g/mol. The number of para-hydroxylation sites is 2. The quantitative estimate of drug-likeness (QED) is 0.901. The van der Waals surface area contributed by atoms with Crippen LogP contribution in [0.3, 0.4) is 0 Å². The van der Waals surface area contributed by atoms with Gasteiger partial charge in [-0.05, 0) is 12.1 Å². The molecule has 0 unspecified atom stereocenters. The Labute approximate surface area is 146 Å². The van der Waals surface area contributed by atoms with E-state index in [1.54, 1.807) is 0 Å². The molecule has 0 saturated carbocycles. The lowest BCUT2D eigenvalue weighted by Gasteiger charge is -2.15. The third kappa shape index (κ3) is 3.33. The zero-order valence-electron chi connectivity index (χ0n) is 13.8. The highest BCUT2D eigenvalue weighted by Crippen LogP contribution is 2.33. The van der Waals surface area contributed by atoms with Gasteiger partial charge in [-0.25, -0.2) is 4.79 Å². The molecule has 0 aromatic heterocycles. The van der Waals surface area contributed by atoms with Crippen LogP contribution in [0, 0.1) is 0 Å². The van der Waals surface area contributed by atoms with E-state index in [0.29, 0.717) is 26.4 Å². The summed E-state index contributed by atoms with van der Waals surface area (Å²) < 4.78 is 17.0. The fraction of sp³-hybridized carbons (Fsp3) is 0.316. The van der Waals surface area contributed by atoms with Crippen molar-refractivity contribution in [3.8, 4) is 17.2 Å². The van der Waals surface area contributed by atoms with E-state index in [9.17, 15) is 4.79 Å². The standard InChI is InChI=1S/C19H20N2O4/c22-19(21-15-12-25-16-7-2-1-6-14(15)16)20-11-13-5-3-8-17-18(13)24-10-4-9-23-17/h1-3,5-8,15H,4,9-12H2,(H2,20,21,22)/t15-/m1/s1. The monoisotopic (exact) mass is 340 g/mol. The van der Waals surface area contributed by atoms with Crippen LogP contribution in [-0.2, 0) is 6.54 Å². The van der Waals surface area contributed by atoms with Crippen molar-refractivity contribution in [1.82, 2.24) is 10.6 Å². The van der Waals surface area contributed by atoms with Gasteiger partial charge in [0.15, 0.2) is 11.5 Å². The normalized spacial score (nSPS) is 17.8. The second-order valence-electron chi connectivity index (χ2n) is 6.02. The van der Waals surface area contributed by atoms with Crippen molar-refractivity contribution < 1.29 is 19.0 Å². The SMILES string of the molecule is O=C(NCc1cccc2c1OCCCO2)N[C@@H]1COc2ccccc21. The Kier molecular flexibility index (Phi) is 4.33. The van der Waals surface area contributed by atoms with Crippen LogP contribution in [0.25, 0.3) is 0 Å². The summed E-state index contributed by atoms with van der Waals surface area (Å²) in [5, 5.41) is 5.84. The number of fused-ring (bicyclic) bond motifs is 2. The molecule has 2 N–H and O–H groups in total. The lowest BCUT2D eigenvalue weighted by molar-refractivity contribution is 0.231. The molecule has 0 fully saturated rings. The molecule has 0 bridgehead atoms. The van der Waals surface area contributed by atoms with Crippen LogP contribution in [0.1, 0.15) is 23.6 Å². The molecule has 2 aromatic carbocycles. The third-order valence-electron chi connectivity index (χ3n) is 4.30. The van der Waals surface area contributed by atoms with Crippen molar-refractivity contribution in [2.75, 3.05) is 19.8 Å². The Bertz CT molecular complexity index is 778. The van der Waals surface area contributed by atoms with Crippen LogP contribution < -0.4 is 24.8 Å². The van der Waals surface area contributed by atoms with Crippen LogP contribution in [0.5, 0.6) is 17.2 Å². The first-order chi connectivity index (χ1) is 12.3. The molecule has 0 spiro atoms. The number of urea groups is 1. The highest BCUT2D eigenvalue weighted by atomic mass is 16.5. The topological polar surface area (TPSA) is 68.8 Å². The van der Waals surface area contributed by atoms with Gasteiger partial charge in [-0.2, -0.15) is 0 Å². The molecule has 130 valence electrons. The van der Waals surface area contributed by atoms with Crippen molar-refractivity contribution in [3.05, 3.63) is 53.6 Å². The molecule has 2 amide bonds. The van der Waals surface area contributed by atoms with Crippen LogP contribution in [0.4, 0.5) is 4.79 Å². The number of nitrogens with one attached hydrogen (secondary N) is 2. The van der Waals surface area contributed by atoms with E-state index in [-0.39, 0.29) is 12.1 Å². The summed E-state index contributed by atoms with van der Waals surface area (Å²) in [6, 6.07) is 13.1. The van der Waals surface area contributed by atoms with Gasteiger partial charge < -0.3 is 24.8 Å². The number of ether oxygens (including phenoxy) is 3. The minimum atomic E-state index is -0.238. The molecule has 2 aromatic rings. The number of benzene rings is 2. The van der Waals surface area contributed by atoms with Crippen LogP contribution in [-0.4, -0.2) is 25.9 Å². The van der Waals surface area contributed by atoms with E-state index in [1.807, 2.05) is 42.5 Å². The summed E-state index contributed by atoms with van der Waals surface area (Å²) in [6.45, 7) is 2.08. The Balaban J connectivity index is 1.39. The van der Waals surface area contributed by atoms with Gasteiger partial charge in [-0.15, -0.1) is 0 Å². The number of hydrogen-bond donors (Lipinski definition) is 2. The number of carbonyl (C=O) groups excluding carboxylic acids is 1. The molecule has 1 atom stereocenters. The third-order valence-corrected chi connectivity index (χ3v) is 4.30. The predicted octanol–water partition coefficient (Wildman–Crippen LogP) is 2.78. The van der Waals surface area contributed by atoms with E-state index in [4.69, 9.17) is 14.2 Å². The zero-order chi connectivity index (χ0) is 17.1. The molecule has 4 rings (SSSR count). The molecule has 6 heteroatoms. The van der Waals surface area contributed by atoms with Gasteiger partial charge >= 0.3 is 6.03 Å². The average molecular weight is 340 g/mol. The molecule has 25 heavy (non-hydrogen) atoms. The highest BCUT2D eigenvalue weighted by molar-refractivity contribution is 5.75. The van der Waals surface area contributed by atoms with E-state index >= 15 is 0 Å². The molecule has 2 aliphatic heterocycles. The number of carbonyl (C=O) groups is 1. The lowest BCUT2D eigenvalue weighted by Crippen LogP contribution is -2.38. The Morgan fingerprint density at radius 2 is 1.84 bits per heavy atom. The number of hydrogen-bond acceptors (Lipinski definition) is 4. The number of rotatable bonds is 3. The molecule has 6 nitrogen and oxygen atoms in total. The van der Waals surface area contributed by atoms with Gasteiger partial charge in [0.05, 0.1) is 19.3 Å². The smallest absolute Gasteiger partial charge is 0.315 e. The molecule has 0 aliphatic carbocycles. The Morgan fingerprint density at radius 3 is 2.80 bits per heavy atom. The maximum Gasteiger partial charge on any atom is 0.315 e. The van der Waals surface area contributed by atoms with Gasteiger partial charge in [-0.1, -0.05) is 30.3 Å². The summed E-state index contributed by atoms with van der Waals surface area (Å²) in [6.07, 6.45) is 0.850. The maximum atomic E-state index is 12.3. The Hall–Kier alpha value is -2.89. The van der Waals surface area contributed by atoms with Crippen molar-refractivity contribution in [2.45, 2.75) is 19.0 Å². The first kappa shape index (κ1) is 15.6. The average Bonchev–Trinajstić information content (AvgIpc) is 2.88. The van der Waals surface area contributed by atoms with Gasteiger partial charge in [0, 0.05) is 24.1 Å². The summed E-state index contributed by atoms with van der Waals surface area (Å²) in [4.78, 5) is 12.3. The maximum absolute atomic E-state index is 12.3. The van der Waals surface area contributed by atoms with Gasteiger partial charge in [0.25, 0.3) is 0 Å². The zero-order valence-corrected chi connectivity index (χ0v) is 13.8. The van der Waals surface area contributed by atoms with Crippen molar-refractivity contribution in [3.63, 3.8) is 0 Å². The predicted molar refractivity (Wildman–Crippen MR) is 92.1 cm³/mol. The fourth-order valence-corrected chi connectivity index (χ4v) is 3.06. The van der Waals surface area contributed by atoms with Crippen molar-refractivity contribution in [1.29, 1.82) is 0 Å². The molecule has 0 saturated heterocycles. The minimum absolute atomic E-state index is 0.135.